The number of nitrogens with two attached hydrogens (primary N) is 1. The van der Waals surface area contributed by atoms with Gasteiger partial charge >= 0.3 is 12.1 Å². The smallest absolute Gasteiger partial charge is 0.404 e. The Bertz CT molecular complexity index is 486. The van der Waals surface area contributed by atoms with Crippen LogP contribution in [0.15, 0.2) is 36.9 Å². The lowest BCUT2D eigenvalue weighted by Crippen LogP contribution is -2.31. The first-order chi connectivity index (χ1) is 9.51. The Labute approximate surface area is 117 Å². The number of esters is 1. The van der Waals surface area contributed by atoms with Crippen LogP contribution in [0.3, 0.4) is 0 Å². The summed E-state index contributed by atoms with van der Waals surface area (Å²) in [6, 6.07) is 7.38. The minimum atomic E-state index is -0.944. The summed E-state index contributed by atoms with van der Waals surface area (Å²) in [6.45, 7) is 5.08. The molecule has 6 heteroatoms. The van der Waals surface area contributed by atoms with Crippen LogP contribution in [0.1, 0.15) is 5.56 Å². The molecule has 1 aromatic rings. The molecule has 0 bridgehead atoms. The molecule has 0 aliphatic heterocycles. The van der Waals surface area contributed by atoms with Gasteiger partial charge in [-0.3, -0.25) is 0 Å². The van der Waals surface area contributed by atoms with Gasteiger partial charge in [-0.25, -0.2) is 9.59 Å². The van der Waals surface area contributed by atoms with Crippen molar-refractivity contribution in [3.05, 3.63) is 42.5 Å². The summed E-state index contributed by atoms with van der Waals surface area (Å²) in [5.74, 6) is -0.000334. The average Bonchev–Trinajstić information content (AvgIpc) is 2.41. The molecule has 1 atom stereocenters. The minimum absolute atomic E-state index is 0.0380. The molecule has 6 nitrogen and oxygen atoms in total. The van der Waals surface area contributed by atoms with Gasteiger partial charge in [0.2, 0.25) is 0 Å². The standard InChI is InChI=1S/C14H17NO5/c1-3-13(16)20-12(9-19-14(15)17)8-18-11-6-4-5-10(2)7-11/h3-7,12H,1,8-9H2,2H3,(H2,15,17). The van der Waals surface area contributed by atoms with Gasteiger partial charge in [0.1, 0.15) is 19.0 Å². The highest BCUT2D eigenvalue weighted by Crippen LogP contribution is 2.13. The van der Waals surface area contributed by atoms with Gasteiger partial charge in [-0.2, -0.15) is 0 Å². The van der Waals surface area contributed by atoms with Crippen LogP contribution >= 0.6 is 0 Å². The van der Waals surface area contributed by atoms with E-state index in [4.69, 9.17) is 15.2 Å². The normalized spacial score (nSPS) is 11.2. The predicted octanol–water partition coefficient (Wildman–Crippen LogP) is 1.57. The van der Waals surface area contributed by atoms with Crippen LogP contribution in [0.2, 0.25) is 0 Å². The third kappa shape index (κ3) is 5.90. The molecule has 0 spiro atoms. The molecular weight excluding hydrogens is 262 g/mol. The maximum atomic E-state index is 11.2. The summed E-state index contributed by atoms with van der Waals surface area (Å²) in [7, 11) is 0. The molecule has 0 aliphatic carbocycles. The molecule has 0 aromatic heterocycles. The van der Waals surface area contributed by atoms with E-state index in [-0.39, 0.29) is 13.2 Å². The highest BCUT2D eigenvalue weighted by Gasteiger charge is 2.16. The van der Waals surface area contributed by atoms with E-state index in [1.807, 2.05) is 25.1 Å². The SMILES string of the molecule is C=CC(=O)OC(COC(N)=O)COc1cccc(C)c1. The number of hydrogen-bond acceptors (Lipinski definition) is 5. The van der Waals surface area contributed by atoms with E-state index in [1.165, 1.54) is 0 Å². The number of ether oxygens (including phenoxy) is 3. The average molecular weight is 279 g/mol. The van der Waals surface area contributed by atoms with Gasteiger partial charge in [0.15, 0.2) is 6.10 Å². The topological polar surface area (TPSA) is 87.9 Å². The van der Waals surface area contributed by atoms with Gasteiger partial charge in [0.25, 0.3) is 0 Å². The van der Waals surface area contributed by atoms with Gasteiger partial charge < -0.3 is 19.9 Å². The van der Waals surface area contributed by atoms with E-state index in [9.17, 15) is 9.59 Å². The third-order valence-electron chi connectivity index (χ3n) is 2.29. The maximum Gasteiger partial charge on any atom is 0.404 e. The Morgan fingerprint density at radius 2 is 2.15 bits per heavy atom. The van der Waals surface area contributed by atoms with Gasteiger partial charge in [-0.1, -0.05) is 18.7 Å². The van der Waals surface area contributed by atoms with Gasteiger partial charge in [0, 0.05) is 6.08 Å². The lowest BCUT2D eigenvalue weighted by Gasteiger charge is -2.17. The molecule has 1 rings (SSSR count). The summed E-state index contributed by atoms with van der Waals surface area (Å²) < 4.78 is 15.1. The van der Waals surface area contributed by atoms with E-state index >= 15 is 0 Å². The molecule has 0 fully saturated rings. The van der Waals surface area contributed by atoms with Crippen LogP contribution in [0, 0.1) is 6.92 Å². The zero-order valence-electron chi connectivity index (χ0n) is 11.2. The van der Waals surface area contributed by atoms with Crippen LogP contribution in [0.25, 0.3) is 0 Å². The molecule has 0 saturated heterocycles. The molecule has 1 aromatic carbocycles. The van der Waals surface area contributed by atoms with Crippen LogP contribution in [-0.4, -0.2) is 31.4 Å². The second-order valence-electron chi connectivity index (χ2n) is 4.02. The fourth-order valence-corrected chi connectivity index (χ4v) is 1.40. The molecule has 0 saturated carbocycles. The first kappa shape index (κ1) is 15.6. The van der Waals surface area contributed by atoms with E-state index < -0.39 is 18.2 Å². The first-order valence-electron chi connectivity index (χ1n) is 5.96. The third-order valence-corrected chi connectivity index (χ3v) is 2.29. The van der Waals surface area contributed by atoms with Crippen molar-refractivity contribution in [1.29, 1.82) is 0 Å². The van der Waals surface area contributed by atoms with Crippen LogP contribution in [0.4, 0.5) is 4.79 Å². The molecule has 108 valence electrons. The largest absolute Gasteiger partial charge is 0.490 e. The number of benzene rings is 1. The summed E-state index contributed by atoms with van der Waals surface area (Å²) in [6.07, 6.45) is -0.682. The van der Waals surface area contributed by atoms with Crippen molar-refractivity contribution < 1.29 is 23.8 Å². The van der Waals surface area contributed by atoms with Crippen molar-refractivity contribution in [1.82, 2.24) is 0 Å². The molecule has 1 amide bonds. The first-order valence-corrected chi connectivity index (χ1v) is 5.96. The van der Waals surface area contributed by atoms with Gasteiger partial charge in [-0.05, 0) is 24.6 Å². The van der Waals surface area contributed by atoms with Gasteiger partial charge in [0.05, 0.1) is 0 Å². The molecule has 0 radical (unpaired) electrons. The van der Waals surface area contributed by atoms with E-state index in [0.717, 1.165) is 11.6 Å². The quantitative estimate of drug-likeness (QED) is 0.604. The summed E-state index contributed by atoms with van der Waals surface area (Å²) >= 11 is 0. The minimum Gasteiger partial charge on any atom is -0.490 e. The van der Waals surface area contributed by atoms with Crippen molar-refractivity contribution >= 4 is 12.1 Å². The monoisotopic (exact) mass is 279 g/mol. The van der Waals surface area contributed by atoms with Gasteiger partial charge in [-0.15, -0.1) is 0 Å². The second-order valence-corrected chi connectivity index (χ2v) is 4.02. The van der Waals surface area contributed by atoms with Crippen molar-refractivity contribution in [2.24, 2.45) is 5.73 Å². The Morgan fingerprint density at radius 1 is 1.40 bits per heavy atom. The summed E-state index contributed by atoms with van der Waals surface area (Å²) in [4.78, 5) is 21.7. The Balaban J connectivity index is 2.56. The fourth-order valence-electron chi connectivity index (χ4n) is 1.40. The zero-order chi connectivity index (χ0) is 15.0. The van der Waals surface area contributed by atoms with Crippen molar-refractivity contribution in [2.75, 3.05) is 13.2 Å². The predicted molar refractivity (Wildman–Crippen MR) is 72.3 cm³/mol. The van der Waals surface area contributed by atoms with E-state index in [1.54, 1.807) is 6.07 Å². The fraction of sp³-hybridized carbons (Fsp3) is 0.286. The molecule has 0 heterocycles. The van der Waals surface area contributed by atoms with Crippen molar-refractivity contribution in [3.8, 4) is 5.75 Å². The molecule has 0 aliphatic rings. The Hall–Kier alpha value is -2.50. The lowest BCUT2D eigenvalue weighted by atomic mass is 10.2. The summed E-state index contributed by atoms with van der Waals surface area (Å²) in [5, 5.41) is 0. The number of aryl methyl sites for hydroxylation is 1. The lowest BCUT2D eigenvalue weighted by molar-refractivity contribution is -0.146. The Morgan fingerprint density at radius 3 is 2.75 bits per heavy atom. The summed E-state index contributed by atoms with van der Waals surface area (Å²) in [5.41, 5.74) is 5.91. The Kier molecular flexibility index (Phi) is 6.09. The number of amides is 1. The molecule has 20 heavy (non-hydrogen) atoms. The highest BCUT2D eigenvalue weighted by atomic mass is 16.6. The maximum absolute atomic E-state index is 11.2. The highest BCUT2D eigenvalue weighted by molar-refractivity contribution is 5.81. The van der Waals surface area contributed by atoms with Crippen LogP contribution in [-0.2, 0) is 14.3 Å². The van der Waals surface area contributed by atoms with Crippen molar-refractivity contribution in [3.63, 3.8) is 0 Å². The number of carbonyl (C=O) groups is 2. The number of hydrogen-bond donors (Lipinski definition) is 1. The number of rotatable bonds is 7. The van der Waals surface area contributed by atoms with Crippen LogP contribution < -0.4 is 10.5 Å². The molecule has 2 N–H and O–H groups in total. The van der Waals surface area contributed by atoms with Crippen molar-refractivity contribution in [2.45, 2.75) is 13.0 Å². The second kappa shape index (κ2) is 7.83. The van der Waals surface area contributed by atoms with Crippen LogP contribution in [0.5, 0.6) is 5.75 Å². The van der Waals surface area contributed by atoms with E-state index in [2.05, 4.69) is 11.3 Å². The zero-order valence-corrected chi connectivity index (χ0v) is 11.2. The molecule has 1 unspecified atom stereocenters. The number of carbonyl (C=O) groups excluding carboxylic acids is 2. The number of primary amides is 1. The van der Waals surface area contributed by atoms with E-state index in [0.29, 0.717) is 5.75 Å². The molecular formula is C14H17NO5.